The van der Waals surface area contributed by atoms with E-state index < -0.39 is 5.60 Å². The topological polar surface area (TPSA) is 52.6 Å². The van der Waals surface area contributed by atoms with Gasteiger partial charge in [0.2, 0.25) is 5.91 Å². The minimum Gasteiger partial charge on any atom is -0.388 e. The number of nitrogens with one attached hydrogen (secondary N) is 1. The SMILES string of the molecule is CC1(C)CN(CC(=O)NCCc2ccccc2)C[C@@]1(C)O. The van der Waals surface area contributed by atoms with E-state index in [1.807, 2.05) is 43.9 Å². The molecule has 0 radical (unpaired) electrons. The zero-order valence-corrected chi connectivity index (χ0v) is 13.2. The van der Waals surface area contributed by atoms with Crippen LogP contribution < -0.4 is 5.32 Å². The minimum absolute atomic E-state index is 0.0273. The normalized spacial score (nSPS) is 25.0. The van der Waals surface area contributed by atoms with Gasteiger partial charge in [0.1, 0.15) is 0 Å². The number of carbonyl (C=O) groups excluding carboxylic acids is 1. The van der Waals surface area contributed by atoms with E-state index in [-0.39, 0.29) is 11.3 Å². The number of hydrogen-bond acceptors (Lipinski definition) is 3. The van der Waals surface area contributed by atoms with Crippen molar-refractivity contribution in [1.82, 2.24) is 10.2 Å². The fraction of sp³-hybridized carbons (Fsp3) is 0.588. The van der Waals surface area contributed by atoms with Crippen LogP contribution in [-0.2, 0) is 11.2 Å². The predicted molar refractivity (Wildman–Crippen MR) is 84.0 cm³/mol. The van der Waals surface area contributed by atoms with Gasteiger partial charge in [0, 0.05) is 25.0 Å². The van der Waals surface area contributed by atoms with E-state index in [4.69, 9.17) is 0 Å². The third-order valence-corrected chi connectivity index (χ3v) is 4.55. The van der Waals surface area contributed by atoms with Gasteiger partial charge in [-0.05, 0) is 18.9 Å². The maximum Gasteiger partial charge on any atom is 0.234 e. The molecule has 2 N–H and O–H groups in total. The Bertz CT molecular complexity index is 467. The van der Waals surface area contributed by atoms with Gasteiger partial charge in [-0.25, -0.2) is 0 Å². The number of hydrogen-bond donors (Lipinski definition) is 2. The lowest BCUT2D eigenvalue weighted by Crippen LogP contribution is -2.40. The Morgan fingerprint density at radius 3 is 2.48 bits per heavy atom. The molecule has 0 aliphatic carbocycles. The van der Waals surface area contributed by atoms with Crippen LogP contribution in [0.25, 0.3) is 0 Å². The van der Waals surface area contributed by atoms with Gasteiger partial charge in [-0.2, -0.15) is 0 Å². The van der Waals surface area contributed by atoms with E-state index >= 15 is 0 Å². The van der Waals surface area contributed by atoms with E-state index in [1.54, 1.807) is 0 Å². The van der Waals surface area contributed by atoms with Gasteiger partial charge in [0.15, 0.2) is 0 Å². The number of β-amino-alcohol motifs (C(OH)–C–C–N with tert-alkyl or cyclic N) is 1. The van der Waals surface area contributed by atoms with Gasteiger partial charge in [0.25, 0.3) is 0 Å². The maximum absolute atomic E-state index is 12.0. The third-order valence-electron chi connectivity index (χ3n) is 4.55. The first-order valence-corrected chi connectivity index (χ1v) is 7.55. The van der Waals surface area contributed by atoms with Crippen LogP contribution in [0.2, 0.25) is 0 Å². The fourth-order valence-electron chi connectivity index (χ4n) is 2.80. The molecule has 1 aromatic rings. The average Bonchev–Trinajstić information content (AvgIpc) is 2.58. The first-order valence-electron chi connectivity index (χ1n) is 7.55. The fourth-order valence-corrected chi connectivity index (χ4v) is 2.80. The molecule has 1 atom stereocenters. The van der Waals surface area contributed by atoms with Crippen LogP contribution in [-0.4, -0.2) is 47.7 Å². The number of nitrogens with zero attached hydrogens (tertiary/aromatic N) is 1. The lowest BCUT2D eigenvalue weighted by Gasteiger charge is -2.31. The number of amides is 1. The molecule has 2 rings (SSSR count). The van der Waals surface area contributed by atoms with Crippen molar-refractivity contribution in [3.8, 4) is 0 Å². The lowest BCUT2D eigenvalue weighted by molar-refractivity contribution is -0.122. The molecule has 0 bridgehead atoms. The van der Waals surface area contributed by atoms with E-state index in [2.05, 4.69) is 17.4 Å². The highest BCUT2D eigenvalue weighted by Crippen LogP contribution is 2.37. The summed E-state index contributed by atoms with van der Waals surface area (Å²) in [6, 6.07) is 10.1. The van der Waals surface area contributed by atoms with E-state index in [0.29, 0.717) is 19.6 Å². The molecule has 0 saturated carbocycles. The van der Waals surface area contributed by atoms with Crippen molar-refractivity contribution in [2.24, 2.45) is 5.41 Å². The van der Waals surface area contributed by atoms with Crippen LogP contribution in [0, 0.1) is 5.41 Å². The number of likely N-dealkylation sites (tertiary alicyclic amines) is 1. The second-order valence-electron chi connectivity index (χ2n) is 6.89. The smallest absolute Gasteiger partial charge is 0.234 e. The van der Waals surface area contributed by atoms with Crippen LogP contribution in [0.3, 0.4) is 0 Å². The number of carbonyl (C=O) groups is 1. The highest BCUT2D eigenvalue weighted by atomic mass is 16.3. The van der Waals surface area contributed by atoms with Gasteiger partial charge < -0.3 is 10.4 Å². The molecule has 1 aliphatic rings. The highest BCUT2D eigenvalue weighted by Gasteiger charge is 2.47. The van der Waals surface area contributed by atoms with Crippen molar-refractivity contribution in [2.45, 2.75) is 32.8 Å². The molecule has 0 spiro atoms. The van der Waals surface area contributed by atoms with Crippen LogP contribution in [0.4, 0.5) is 0 Å². The Kier molecular flexibility index (Phi) is 4.69. The molecule has 1 heterocycles. The first kappa shape index (κ1) is 16.0. The molecule has 1 saturated heterocycles. The van der Waals surface area contributed by atoms with Crippen LogP contribution in [0.1, 0.15) is 26.3 Å². The lowest BCUT2D eigenvalue weighted by atomic mass is 9.79. The van der Waals surface area contributed by atoms with E-state index in [9.17, 15) is 9.90 Å². The molecular weight excluding hydrogens is 264 g/mol. The quantitative estimate of drug-likeness (QED) is 0.863. The number of benzene rings is 1. The predicted octanol–water partition coefficient (Wildman–Crippen LogP) is 1.44. The molecular formula is C17H26N2O2. The van der Waals surface area contributed by atoms with Gasteiger partial charge in [-0.1, -0.05) is 44.2 Å². The molecule has 1 fully saturated rings. The molecule has 1 aromatic carbocycles. The molecule has 0 aromatic heterocycles. The van der Waals surface area contributed by atoms with E-state index in [1.165, 1.54) is 5.56 Å². The molecule has 0 unspecified atom stereocenters. The van der Waals surface area contributed by atoms with E-state index in [0.717, 1.165) is 13.0 Å². The average molecular weight is 290 g/mol. The third kappa shape index (κ3) is 4.05. The summed E-state index contributed by atoms with van der Waals surface area (Å²) >= 11 is 0. The minimum atomic E-state index is -0.739. The number of aliphatic hydroxyl groups is 1. The molecule has 1 amide bonds. The van der Waals surface area contributed by atoms with Crippen LogP contribution in [0.15, 0.2) is 30.3 Å². The van der Waals surface area contributed by atoms with Crippen molar-refractivity contribution in [3.05, 3.63) is 35.9 Å². The maximum atomic E-state index is 12.0. The van der Waals surface area contributed by atoms with Crippen molar-refractivity contribution in [2.75, 3.05) is 26.2 Å². The zero-order valence-electron chi connectivity index (χ0n) is 13.2. The molecule has 116 valence electrons. The van der Waals surface area contributed by atoms with Crippen molar-refractivity contribution in [1.29, 1.82) is 0 Å². The highest BCUT2D eigenvalue weighted by molar-refractivity contribution is 5.78. The van der Waals surface area contributed by atoms with Gasteiger partial charge in [-0.3, -0.25) is 9.69 Å². The number of rotatable bonds is 5. The van der Waals surface area contributed by atoms with Crippen molar-refractivity contribution in [3.63, 3.8) is 0 Å². The Labute approximate surface area is 127 Å². The Balaban J connectivity index is 1.73. The molecule has 1 aliphatic heterocycles. The Morgan fingerprint density at radius 1 is 1.24 bits per heavy atom. The van der Waals surface area contributed by atoms with Gasteiger partial charge in [-0.15, -0.1) is 0 Å². The Morgan fingerprint density at radius 2 is 1.90 bits per heavy atom. The summed E-state index contributed by atoms with van der Waals surface area (Å²) in [6.07, 6.45) is 0.843. The molecule has 21 heavy (non-hydrogen) atoms. The monoisotopic (exact) mass is 290 g/mol. The second-order valence-corrected chi connectivity index (χ2v) is 6.89. The van der Waals surface area contributed by atoms with Crippen molar-refractivity contribution >= 4 is 5.91 Å². The largest absolute Gasteiger partial charge is 0.388 e. The summed E-state index contributed by atoms with van der Waals surface area (Å²) in [4.78, 5) is 14.0. The summed E-state index contributed by atoms with van der Waals surface area (Å²) in [5.74, 6) is 0.0273. The summed E-state index contributed by atoms with van der Waals surface area (Å²) < 4.78 is 0. The molecule has 4 nitrogen and oxygen atoms in total. The first-order chi connectivity index (χ1) is 9.80. The van der Waals surface area contributed by atoms with Crippen LogP contribution >= 0.6 is 0 Å². The summed E-state index contributed by atoms with van der Waals surface area (Å²) in [5, 5.41) is 13.3. The summed E-state index contributed by atoms with van der Waals surface area (Å²) in [6.45, 7) is 8.23. The van der Waals surface area contributed by atoms with Gasteiger partial charge in [0.05, 0.1) is 12.1 Å². The van der Waals surface area contributed by atoms with Crippen molar-refractivity contribution < 1.29 is 9.90 Å². The molecule has 4 heteroatoms. The standard InChI is InChI=1S/C17H26N2O2/c1-16(2)12-19(13-17(16,3)21)11-15(20)18-10-9-14-7-5-4-6-8-14/h4-8,21H,9-13H2,1-3H3,(H,18,20)/t17-/m1/s1. The second kappa shape index (κ2) is 6.16. The van der Waals surface area contributed by atoms with Crippen LogP contribution in [0.5, 0.6) is 0 Å². The van der Waals surface area contributed by atoms with Gasteiger partial charge >= 0.3 is 0 Å². The summed E-state index contributed by atoms with van der Waals surface area (Å²) in [5.41, 5.74) is 0.303. The summed E-state index contributed by atoms with van der Waals surface area (Å²) in [7, 11) is 0. The Hall–Kier alpha value is -1.39. The zero-order chi connectivity index (χ0) is 15.5.